The third-order valence-corrected chi connectivity index (χ3v) is 4.09. The van der Waals surface area contributed by atoms with Gasteiger partial charge in [-0.15, -0.1) is 0 Å². The fraction of sp³-hybridized carbons (Fsp3) is 0.105. The number of nitrogens with zero attached hydrogens (tertiary/aromatic N) is 1. The van der Waals surface area contributed by atoms with Crippen LogP contribution in [0.4, 0.5) is 10.1 Å². The first-order chi connectivity index (χ1) is 11.7. The Morgan fingerprint density at radius 2 is 1.96 bits per heavy atom. The summed E-state index contributed by atoms with van der Waals surface area (Å²) in [4.78, 5) is 14.4. The van der Waals surface area contributed by atoms with E-state index in [0.29, 0.717) is 23.6 Å². The molecule has 0 unspecified atom stereocenters. The zero-order valence-corrected chi connectivity index (χ0v) is 12.8. The lowest BCUT2D eigenvalue weighted by molar-refractivity contribution is 0.0715. The normalized spacial score (nSPS) is 16.3. The van der Waals surface area contributed by atoms with Gasteiger partial charge in [0.15, 0.2) is 0 Å². The van der Waals surface area contributed by atoms with Crippen LogP contribution in [-0.4, -0.2) is 10.8 Å². The standard InChI is InChI=1S/C19H15FN2O2/c20-13-5-3-6-14(11-13)21-18-16-8-1-2-9-17(16)19(23)22(18)12-15-7-4-10-24-15/h1-11,18,21H,12H2/t18-/m1/s1. The molecule has 120 valence electrons. The lowest BCUT2D eigenvalue weighted by Crippen LogP contribution is -2.31. The van der Waals surface area contributed by atoms with E-state index in [1.165, 1.54) is 12.1 Å². The number of fused-ring (bicyclic) bond motifs is 1. The molecule has 2 heterocycles. The molecule has 0 fully saturated rings. The number of hydrogen-bond donors (Lipinski definition) is 1. The average molecular weight is 322 g/mol. The third-order valence-electron chi connectivity index (χ3n) is 4.09. The number of furan rings is 1. The van der Waals surface area contributed by atoms with E-state index in [-0.39, 0.29) is 17.9 Å². The van der Waals surface area contributed by atoms with E-state index < -0.39 is 0 Å². The number of amides is 1. The van der Waals surface area contributed by atoms with Crippen molar-refractivity contribution < 1.29 is 13.6 Å². The monoisotopic (exact) mass is 322 g/mol. The molecule has 1 amide bonds. The molecular formula is C19H15FN2O2. The van der Waals surface area contributed by atoms with Crippen molar-refractivity contribution in [2.75, 3.05) is 5.32 Å². The highest BCUT2D eigenvalue weighted by Gasteiger charge is 2.36. The minimum Gasteiger partial charge on any atom is -0.467 e. The zero-order chi connectivity index (χ0) is 16.5. The predicted octanol–water partition coefficient (Wildman–Crippen LogP) is 4.19. The van der Waals surface area contributed by atoms with E-state index in [4.69, 9.17) is 4.42 Å². The fourth-order valence-corrected chi connectivity index (χ4v) is 3.00. The largest absolute Gasteiger partial charge is 0.467 e. The Morgan fingerprint density at radius 3 is 2.75 bits per heavy atom. The van der Waals surface area contributed by atoms with Gasteiger partial charge in [0, 0.05) is 16.8 Å². The van der Waals surface area contributed by atoms with E-state index in [1.54, 1.807) is 35.4 Å². The molecule has 0 saturated carbocycles. The number of hydrogen-bond acceptors (Lipinski definition) is 3. The maximum atomic E-state index is 13.5. The van der Waals surface area contributed by atoms with Crippen LogP contribution in [-0.2, 0) is 6.54 Å². The summed E-state index contributed by atoms with van der Waals surface area (Å²) in [5, 5.41) is 3.25. The number of anilines is 1. The number of halogens is 1. The molecule has 1 aliphatic rings. The van der Waals surface area contributed by atoms with Crippen LogP contribution in [0.5, 0.6) is 0 Å². The summed E-state index contributed by atoms with van der Waals surface area (Å²) >= 11 is 0. The SMILES string of the molecule is O=C1c2ccccc2[C@H](Nc2cccc(F)c2)N1Cc1ccco1. The summed E-state index contributed by atoms with van der Waals surface area (Å²) in [6.07, 6.45) is 1.21. The quantitative estimate of drug-likeness (QED) is 0.783. The molecule has 0 bridgehead atoms. The average Bonchev–Trinajstić information content (AvgIpc) is 3.18. The molecule has 5 heteroatoms. The molecule has 4 rings (SSSR count). The van der Waals surface area contributed by atoms with Crippen LogP contribution in [0, 0.1) is 5.82 Å². The Labute approximate surface area is 138 Å². The first-order valence-corrected chi connectivity index (χ1v) is 7.67. The topological polar surface area (TPSA) is 45.5 Å². The molecule has 1 aliphatic heterocycles. The minimum absolute atomic E-state index is 0.0732. The molecule has 2 aromatic carbocycles. The summed E-state index contributed by atoms with van der Waals surface area (Å²) in [7, 11) is 0. The van der Waals surface area contributed by atoms with E-state index in [2.05, 4.69) is 5.32 Å². The van der Waals surface area contributed by atoms with Gasteiger partial charge in [-0.2, -0.15) is 0 Å². The third kappa shape index (κ3) is 2.54. The molecular weight excluding hydrogens is 307 g/mol. The molecule has 0 aliphatic carbocycles. The maximum Gasteiger partial charge on any atom is 0.256 e. The number of nitrogens with one attached hydrogen (secondary N) is 1. The number of carbonyl (C=O) groups excluding carboxylic acids is 1. The van der Waals surface area contributed by atoms with Gasteiger partial charge >= 0.3 is 0 Å². The van der Waals surface area contributed by atoms with Crippen LogP contribution in [0.15, 0.2) is 71.3 Å². The number of rotatable bonds is 4. The second-order valence-electron chi connectivity index (χ2n) is 5.66. The Kier molecular flexibility index (Phi) is 3.54. The van der Waals surface area contributed by atoms with Gasteiger partial charge in [-0.3, -0.25) is 4.79 Å². The number of carbonyl (C=O) groups is 1. The predicted molar refractivity (Wildman–Crippen MR) is 87.8 cm³/mol. The molecule has 1 aromatic heterocycles. The van der Waals surface area contributed by atoms with Crippen LogP contribution in [0.25, 0.3) is 0 Å². The van der Waals surface area contributed by atoms with Gasteiger partial charge in [0.25, 0.3) is 5.91 Å². The Bertz CT molecular complexity index is 877. The van der Waals surface area contributed by atoms with Gasteiger partial charge < -0.3 is 14.6 Å². The Morgan fingerprint density at radius 1 is 1.08 bits per heavy atom. The van der Waals surface area contributed by atoms with Crippen molar-refractivity contribution in [3.05, 3.63) is 89.6 Å². The van der Waals surface area contributed by atoms with E-state index in [0.717, 1.165) is 5.56 Å². The molecule has 1 N–H and O–H groups in total. The van der Waals surface area contributed by atoms with Crippen LogP contribution < -0.4 is 5.32 Å². The second-order valence-corrected chi connectivity index (χ2v) is 5.66. The maximum absolute atomic E-state index is 13.5. The van der Waals surface area contributed by atoms with Crippen LogP contribution in [0.1, 0.15) is 27.8 Å². The highest BCUT2D eigenvalue weighted by Crippen LogP contribution is 2.35. The van der Waals surface area contributed by atoms with Crippen LogP contribution >= 0.6 is 0 Å². The van der Waals surface area contributed by atoms with Crippen molar-refractivity contribution in [2.24, 2.45) is 0 Å². The lowest BCUT2D eigenvalue weighted by Gasteiger charge is -2.26. The molecule has 1 atom stereocenters. The van der Waals surface area contributed by atoms with Crippen molar-refractivity contribution in [2.45, 2.75) is 12.7 Å². The smallest absolute Gasteiger partial charge is 0.256 e. The Balaban J connectivity index is 1.70. The van der Waals surface area contributed by atoms with E-state index in [9.17, 15) is 9.18 Å². The molecule has 0 radical (unpaired) electrons. The van der Waals surface area contributed by atoms with Crippen molar-refractivity contribution in [1.29, 1.82) is 0 Å². The van der Waals surface area contributed by atoms with Crippen molar-refractivity contribution in [3.63, 3.8) is 0 Å². The lowest BCUT2D eigenvalue weighted by atomic mass is 10.1. The van der Waals surface area contributed by atoms with Gasteiger partial charge in [0.1, 0.15) is 17.7 Å². The fourth-order valence-electron chi connectivity index (χ4n) is 3.00. The van der Waals surface area contributed by atoms with Gasteiger partial charge in [0.2, 0.25) is 0 Å². The summed E-state index contributed by atoms with van der Waals surface area (Å²) in [6, 6.07) is 17.3. The highest BCUT2D eigenvalue weighted by molar-refractivity contribution is 5.99. The van der Waals surface area contributed by atoms with Crippen LogP contribution in [0.3, 0.4) is 0 Å². The van der Waals surface area contributed by atoms with Crippen molar-refractivity contribution in [1.82, 2.24) is 4.90 Å². The molecule has 24 heavy (non-hydrogen) atoms. The highest BCUT2D eigenvalue weighted by atomic mass is 19.1. The summed E-state index contributed by atoms with van der Waals surface area (Å²) in [5.41, 5.74) is 2.14. The van der Waals surface area contributed by atoms with E-state index in [1.807, 2.05) is 24.3 Å². The van der Waals surface area contributed by atoms with Crippen LogP contribution in [0.2, 0.25) is 0 Å². The number of benzene rings is 2. The van der Waals surface area contributed by atoms with Gasteiger partial charge in [0.05, 0.1) is 12.8 Å². The summed E-state index contributed by atoms with van der Waals surface area (Å²) in [5.74, 6) is 0.299. The zero-order valence-electron chi connectivity index (χ0n) is 12.8. The van der Waals surface area contributed by atoms with E-state index >= 15 is 0 Å². The van der Waals surface area contributed by atoms with Gasteiger partial charge in [-0.05, 0) is 36.4 Å². The van der Waals surface area contributed by atoms with Gasteiger partial charge in [-0.1, -0.05) is 24.3 Å². The summed E-state index contributed by atoms with van der Waals surface area (Å²) in [6.45, 7) is 0.341. The van der Waals surface area contributed by atoms with Gasteiger partial charge in [-0.25, -0.2) is 4.39 Å². The summed E-state index contributed by atoms with van der Waals surface area (Å²) < 4.78 is 18.9. The molecule has 4 nitrogen and oxygen atoms in total. The van der Waals surface area contributed by atoms with Crippen molar-refractivity contribution >= 4 is 11.6 Å². The van der Waals surface area contributed by atoms with Crippen molar-refractivity contribution in [3.8, 4) is 0 Å². The minimum atomic E-state index is -0.374. The molecule has 0 saturated heterocycles. The second kappa shape index (κ2) is 5.85. The first kappa shape index (κ1) is 14.5. The molecule has 0 spiro atoms. The first-order valence-electron chi connectivity index (χ1n) is 7.67. The Hall–Kier alpha value is -3.08. The molecule has 3 aromatic rings.